The van der Waals surface area contributed by atoms with Crippen LogP contribution < -0.4 is 21.3 Å². The van der Waals surface area contributed by atoms with Crippen LogP contribution in [-0.2, 0) is 14.3 Å². The van der Waals surface area contributed by atoms with E-state index in [4.69, 9.17) is 26.8 Å². The highest BCUT2D eigenvalue weighted by molar-refractivity contribution is 6.30. The van der Waals surface area contributed by atoms with Gasteiger partial charge in [-0.05, 0) is 48.5 Å². The lowest BCUT2D eigenvalue weighted by Gasteiger charge is -2.09. The number of halogens is 1. The number of ether oxygens (including phenoxy) is 2. The lowest BCUT2D eigenvalue weighted by molar-refractivity contribution is -0.125. The molecule has 0 atom stereocenters. The highest BCUT2D eigenvalue weighted by Gasteiger charge is 2.12. The van der Waals surface area contributed by atoms with Crippen molar-refractivity contribution in [2.45, 2.75) is 0 Å². The third kappa shape index (κ3) is 6.61. The zero-order valence-corrected chi connectivity index (χ0v) is 15.2. The number of nitrogens with one attached hydrogen (secondary N) is 2. The van der Waals surface area contributed by atoms with Crippen LogP contribution in [0.4, 0.5) is 0 Å². The SMILES string of the molecule is NC(=O)COc1ccc(C(=O)OCC(=O)NNC(=O)c2ccc(Cl)cc2)cc1. The summed E-state index contributed by atoms with van der Waals surface area (Å²) in [6, 6.07) is 11.7. The van der Waals surface area contributed by atoms with E-state index < -0.39 is 30.3 Å². The summed E-state index contributed by atoms with van der Waals surface area (Å²) in [5.41, 5.74) is 9.74. The predicted octanol–water partition coefficient (Wildman–Crippen LogP) is 0.822. The molecule has 146 valence electrons. The first-order valence-corrected chi connectivity index (χ1v) is 8.26. The molecular formula is C18H16ClN3O6. The smallest absolute Gasteiger partial charge is 0.338 e. The number of nitrogens with two attached hydrogens (primary N) is 1. The Kier molecular flexibility index (Phi) is 7.35. The van der Waals surface area contributed by atoms with E-state index in [0.29, 0.717) is 16.3 Å². The normalized spacial score (nSPS) is 9.89. The number of hydrogen-bond acceptors (Lipinski definition) is 6. The molecule has 10 heteroatoms. The van der Waals surface area contributed by atoms with Crippen molar-refractivity contribution >= 4 is 35.3 Å². The first-order valence-electron chi connectivity index (χ1n) is 7.88. The fourth-order valence-corrected chi connectivity index (χ4v) is 2.02. The Morgan fingerprint density at radius 3 is 2.07 bits per heavy atom. The van der Waals surface area contributed by atoms with E-state index in [9.17, 15) is 19.2 Å². The standard InChI is InChI=1S/C18H16ClN3O6/c19-13-5-1-11(2-6-13)17(25)22-21-16(24)10-28-18(26)12-3-7-14(8-4-12)27-9-15(20)23/h1-8H,9-10H2,(H2,20,23)(H,21,24)(H,22,25). The lowest BCUT2D eigenvalue weighted by Crippen LogP contribution is -2.43. The molecule has 0 spiro atoms. The van der Waals surface area contributed by atoms with E-state index in [-0.39, 0.29) is 12.2 Å². The van der Waals surface area contributed by atoms with E-state index in [0.717, 1.165) is 0 Å². The summed E-state index contributed by atoms with van der Waals surface area (Å²) in [5.74, 6) is -2.31. The van der Waals surface area contributed by atoms with Crippen molar-refractivity contribution in [1.82, 2.24) is 10.9 Å². The van der Waals surface area contributed by atoms with Crippen molar-refractivity contribution in [2.24, 2.45) is 5.73 Å². The van der Waals surface area contributed by atoms with Crippen LogP contribution >= 0.6 is 11.6 Å². The van der Waals surface area contributed by atoms with Crippen LogP contribution in [0.2, 0.25) is 5.02 Å². The molecule has 0 aromatic heterocycles. The number of primary amides is 1. The summed E-state index contributed by atoms with van der Waals surface area (Å²) in [5, 5.41) is 0.472. The van der Waals surface area contributed by atoms with Crippen LogP contribution in [0.5, 0.6) is 5.75 Å². The molecule has 2 rings (SSSR count). The van der Waals surface area contributed by atoms with Gasteiger partial charge in [0.25, 0.3) is 17.7 Å². The Morgan fingerprint density at radius 2 is 1.46 bits per heavy atom. The number of hydrogen-bond donors (Lipinski definition) is 3. The van der Waals surface area contributed by atoms with Gasteiger partial charge >= 0.3 is 5.97 Å². The third-order valence-electron chi connectivity index (χ3n) is 3.23. The summed E-state index contributed by atoms with van der Waals surface area (Å²) in [7, 11) is 0. The van der Waals surface area contributed by atoms with Crippen LogP contribution in [0.15, 0.2) is 48.5 Å². The maximum atomic E-state index is 11.9. The molecule has 0 saturated heterocycles. The van der Waals surface area contributed by atoms with Gasteiger partial charge in [-0.15, -0.1) is 0 Å². The van der Waals surface area contributed by atoms with Crippen LogP contribution in [0.25, 0.3) is 0 Å². The van der Waals surface area contributed by atoms with Crippen molar-refractivity contribution in [3.63, 3.8) is 0 Å². The first-order chi connectivity index (χ1) is 13.3. The maximum Gasteiger partial charge on any atom is 0.338 e. The molecule has 0 aliphatic heterocycles. The molecule has 0 aliphatic carbocycles. The number of hydrazine groups is 1. The highest BCUT2D eigenvalue weighted by Crippen LogP contribution is 2.13. The van der Waals surface area contributed by atoms with Gasteiger partial charge in [0.15, 0.2) is 13.2 Å². The largest absolute Gasteiger partial charge is 0.484 e. The number of benzene rings is 2. The Bertz CT molecular complexity index is 868. The second-order valence-electron chi connectivity index (χ2n) is 5.36. The average Bonchev–Trinajstić information content (AvgIpc) is 2.69. The van der Waals surface area contributed by atoms with Gasteiger partial charge in [0, 0.05) is 10.6 Å². The monoisotopic (exact) mass is 405 g/mol. The molecule has 0 saturated carbocycles. The number of amides is 3. The molecular weight excluding hydrogens is 390 g/mol. The summed E-state index contributed by atoms with van der Waals surface area (Å²) in [6.45, 7) is -0.884. The minimum atomic E-state index is -0.749. The molecule has 2 aromatic carbocycles. The predicted molar refractivity (Wildman–Crippen MR) is 98.5 cm³/mol. The van der Waals surface area contributed by atoms with Gasteiger partial charge in [0.05, 0.1) is 5.56 Å². The van der Waals surface area contributed by atoms with Gasteiger partial charge in [-0.3, -0.25) is 25.2 Å². The van der Waals surface area contributed by atoms with Crippen LogP contribution in [0.3, 0.4) is 0 Å². The zero-order valence-electron chi connectivity index (χ0n) is 14.4. The van der Waals surface area contributed by atoms with E-state index in [1.807, 2.05) is 0 Å². The molecule has 0 aliphatic rings. The molecule has 4 N–H and O–H groups in total. The fourth-order valence-electron chi connectivity index (χ4n) is 1.89. The van der Waals surface area contributed by atoms with Crippen LogP contribution in [0, 0.1) is 0 Å². The minimum absolute atomic E-state index is 0.171. The van der Waals surface area contributed by atoms with E-state index in [1.54, 1.807) is 0 Å². The molecule has 0 bridgehead atoms. The molecule has 0 radical (unpaired) electrons. The van der Waals surface area contributed by atoms with E-state index in [2.05, 4.69) is 10.9 Å². The van der Waals surface area contributed by atoms with Crippen molar-refractivity contribution in [1.29, 1.82) is 0 Å². The van der Waals surface area contributed by atoms with Crippen LogP contribution in [-0.4, -0.2) is 36.9 Å². The molecule has 9 nitrogen and oxygen atoms in total. The molecule has 3 amide bonds. The molecule has 28 heavy (non-hydrogen) atoms. The second-order valence-corrected chi connectivity index (χ2v) is 5.80. The average molecular weight is 406 g/mol. The molecule has 0 heterocycles. The Balaban J connectivity index is 1.75. The maximum absolute atomic E-state index is 11.9. The summed E-state index contributed by atoms with van der Waals surface area (Å²) < 4.78 is 9.91. The van der Waals surface area contributed by atoms with Gasteiger partial charge in [-0.1, -0.05) is 11.6 Å². The van der Waals surface area contributed by atoms with Crippen molar-refractivity contribution in [3.05, 3.63) is 64.7 Å². The number of esters is 1. The summed E-state index contributed by atoms with van der Waals surface area (Å²) in [6.07, 6.45) is 0. The van der Waals surface area contributed by atoms with E-state index >= 15 is 0 Å². The van der Waals surface area contributed by atoms with Crippen molar-refractivity contribution in [2.75, 3.05) is 13.2 Å². The van der Waals surface area contributed by atoms with Gasteiger partial charge in [-0.25, -0.2) is 4.79 Å². The molecule has 2 aromatic rings. The van der Waals surface area contributed by atoms with E-state index in [1.165, 1.54) is 48.5 Å². The van der Waals surface area contributed by atoms with Crippen molar-refractivity contribution < 1.29 is 28.7 Å². The van der Waals surface area contributed by atoms with Gasteiger partial charge in [0.1, 0.15) is 5.75 Å². The Morgan fingerprint density at radius 1 is 0.857 bits per heavy atom. The fraction of sp³-hybridized carbons (Fsp3) is 0.111. The third-order valence-corrected chi connectivity index (χ3v) is 3.48. The first kappa shape index (κ1) is 20.7. The topological polar surface area (TPSA) is 137 Å². The van der Waals surface area contributed by atoms with Gasteiger partial charge in [0.2, 0.25) is 0 Å². The Hall–Kier alpha value is -3.59. The number of rotatable bonds is 7. The molecule has 0 fully saturated rings. The highest BCUT2D eigenvalue weighted by atomic mass is 35.5. The van der Waals surface area contributed by atoms with Crippen molar-refractivity contribution in [3.8, 4) is 5.75 Å². The second kappa shape index (κ2) is 9.93. The quantitative estimate of drug-likeness (QED) is 0.460. The zero-order chi connectivity index (χ0) is 20.5. The van der Waals surface area contributed by atoms with Crippen LogP contribution in [0.1, 0.15) is 20.7 Å². The number of carbonyl (C=O) groups excluding carboxylic acids is 4. The summed E-state index contributed by atoms with van der Waals surface area (Å²) >= 11 is 5.73. The molecule has 0 unspecified atom stereocenters. The lowest BCUT2D eigenvalue weighted by atomic mass is 10.2. The Labute approximate surface area is 164 Å². The number of carbonyl (C=O) groups is 4. The van der Waals surface area contributed by atoms with Gasteiger partial charge < -0.3 is 15.2 Å². The summed E-state index contributed by atoms with van der Waals surface area (Å²) in [4.78, 5) is 46.1. The minimum Gasteiger partial charge on any atom is -0.484 e. The van der Waals surface area contributed by atoms with Gasteiger partial charge in [-0.2, -0.15) is 0 Å².